The first-order valence-corrected chi connectivity index (χ1v) is 15.5. The number of hydrogen-bond donors (Lipinski definition) is 0. The van der Waals surface area contributed by atoms with Crippen molar-refractivity contribution in [2.75, 3.05) is 42.7 Å². The Kier molecular flexibility index (Phi) is 10.7. The van der Waals surface area contributed by atoms with Crippen molar-refractivity contribution >= 4 is 25.9 Å². The van der Waals surface area contributed by atoms with Crippen LogP contribution in [0.15, 0.2) is 0 Å². The molecule has 0 saturated heterocycles. The van der Waals surface area contributed by atoms with E-state index in [-0.39, 0.29) is 12.5 Å². The van der Waals surface area contributed by atoms with Gasteiger partial charge in [-0.25, -0.2) is 4.39 Å². The van der Waals surface area contributed by atoms with Crippen LogP contribution in [0.2, 0.25) is 31.7 Å². The summed E-state index contributed by atoms with van der Waals surface area (Å²) in [7, 11) is 0.978. The molecule has 1 unspecified atom stereocenters. The highest BCUT2D eigenvalue weighted by atomic mass is 28.4. The summed E-state index contributed by atoms with van der Waals surface area (Å²) in [4.78, 5) is 0. The maximum absolute atomic E-state index is 15.7. The molecular weight excluding hydrogens is 383 g/mol. The molecule has 0 radical (unpaired) electrons. The van der Waals surface area contributed by atoms with E-state index in [0.29, 0.717) is 12.5 Å². The summed E-state index contributed by atoms with van der Waals surface area (Å²) in [6.45, 7) is 5.82. The summed E-state index contributed by atoms with van der Waals surface area (Å²) >= 11 is 0. The Morgan fingerprint density at radius 2 is 1.12 bits per heavy atom. The third-order valence-corrected chi connectivity index (χ3v) is 10.5. The van der Waals surface area contributed by atoms with Crippen molar-refractivity contribution in [1.29, 1.82) is 0 Å². The summed E-state index contributed by atoms with van der Waals surface area (Å²) in [5.41, 5.74) is 0. The molecule has 0 N–H and O–H groups in total. The second-order valence-electron chi connectivity index (χ2n) is 6.72. The molecule has 11 heteroatoms. The van der Waals surface area contributed by atoms with Crippen LogP contribution in [0.3, 0.4) is 0 Å². The van der Waals surface area contributed by atoms with Crippen molar-refractivity contribution in [2.24, 2.45) is 0 Å². The molecule has 0 aliphatic carbocycles. The normalized spacial score (nSPS) is 16.1. The van der Waals surface area contributed by atoms with Crippen molar-refractivity contribution in [3.8, 4) is 0 Å². The molecule has 0 aromatic carbocycles. The predicted octanol–water partition coefficient (Wildman–Crippen LogP) is 3.04. The summed E-state index contributed by atoms with van der Waals surface area (Å²) in [6, 6.07) is 0.411. The van der Waals surface area contributed by atoms with E-state index in [1.807, 2.05) is 19.6 Å². The SMILES string of the molecule is CO[Si](CCCC(F)(C[Si](OC)(OC)OC)O[Si](C)(C)C)(OC)OC. The zero-order chi connectivity index (χ0) is 19.8. The molecule has 0 aliphatic heterocycles. The molecule has 0 bridgehead atoms. The van der Waals surface area contributed by atoms with Crippen molar-refractivity contribution < 1.29 is 35.4 Å². The van der Waals surface area contributed by atoms with Gasteiger partial charge in [-0.3, -0.25) is 0 Å². The number of alkyl halides is 1. The first-order valence-electron chi connectivity index (χ1n) is 8.19. The molecule has 0 aliphatic rings. The Morgan fingerprint density at radius 3 is 1.44 bits per heavy atom. The van der Waals surface area contributed by atoms with Gasteiger partial charge in [-0.2, -0.15) is 0 Å². The number of hydrogen-bond acceptors (Lipinski definition) is 7. The van der Waals surface area contributed by atoms with Crippen molar-refractivity contribution in [3.05, 3.63) is 0 Å². The van der Waals surface area contributed by atoms with E-state index in [1.165, 1.54) is 21.3 Å². The van der Waals surface area contributed by atoms with Gasteiger partial charge in [0.15, 0.2) is 8.32 Å². The van der Waals surface area contributed by atoms with Gasteiger partial charge in [0.2, 0.25) is 5.85 Å². The monoisotopic (exact) mass is 418 g/mol. The quantitative estimate of drug-likeness (QED) is 0.402. The van der Waals surface area contributed by atoms with Gasteiger partial charge in [0, 0.05) is 55.1 Å². The average molecular weight is 419 g/mol. The molecule has 152 valence electrons. The van der Waals surface area contributed by atoms with Gasteiger partial charge < -0.3 is 31.0 Å². The van der Waals surface area contributed by atoms with Crippen LogP contribution in [0.5, 0.6) is 0 Å². The first kappa shape index (κ1) is 25.3. The van der Waals surface area contributed by atoms with Gasteiger partial charge >= 0.3 is 17.6 Å². The van der Waals surface area contributed by atoms with Gasteiger partial charge in [0.1, 0.15) is 0 Å². The van der Waals surface area contributed by atoms with Crippen molar-refractivity contribution in [2.45, 2.75) is 50.4 Å². The molecule has 7 nitrogen and oxygen atoms in total. The zero-order valence-corrected chi connectivity index (χ0v) is 20.1. The Morgan fingerprint density at radius 1 is 0.720 bits per heavy atom. The van der Waals surface area contributed by atoms with Gasteiger partial charge in [-0.15, -0.1) is 0 Å². The van der Waals surface area contributed by atoms with E-state index in [4.69, 9.17) is 31.0 Å². The highest BCUT2D eigenvalue weighted by molar-refractivity contribution is 6.70. The molecule has 0 rings (SSSR count). The maximum Gasteiger partial charge on any atom is 0.505 e. The van der Waals surface area contributed by atoms with Crippen LogP contribution in [0.4, 0.5) is 4.39 Å². The smallest absolute Gasteiger partial charge is 0.387 e. The van der Waals surface area contributed by atoms with Crippen LogP contribution in [0.1, 0.15) is 12.8 Å². The Hall–Kier alpha value is 0.301. The Labute approximate surface area is 154 Å². The van der Waals surface area contributed by atoms with E-state index in [1.54, 1.807) is 21.3 Å². The van der Waals surface area contributed by atoms with E-state index >= 15 is 4.39 Å². The topological polar surface area (TPSA) is 64.6 Å². The summed E-state index contributed by atoms with van der Waals surface area (Å²) < 4.78 is 53.9. The molecule has 1 atom stereocenters. The third-order valence-electron chi connectivity index (χ3n) is 3.87. The highest BCUT2D eigenvalue weighted by Crippen LogP contribution is 2.36. The van der Waals surface area contributed by atoms with Crippen LogP contribution in [-0.2, 0) is 31.0 Å². The lowest BCUT2D eigenvalue weighted by Gasteiger charge is -2.37. The maximum atomic E-state index is 15.7. The molecule has 0 aromatic rings. The predicted molar refractivity (Wildman–Crippen MR) is 101 cm³/mol. The highest BCUT2D eigenvalue weighted by Gasteiger charge is 2.51. The number of halogens is 1. The first-order chi connectivity index (χ1) is 11.5. The summed E-state index contributed by atoms with van der Waals surface area (Å²) in [5.74, 6) is -1.91. The molecule has 0 saturated carbocycles. The largest absolute Gasteiger partial charge is 0.505 e. The summed E-state index contributed by atoms with van der Waals surface area (Å²) in [6.07, 6.45) is 0.622. The van der Waals surface area contributed by atoms with Crippen LogP contribution in [-0.4, -0.2) is 74.4 Å². The van der Waals surface area contributed by atoms with E-state index in [2.05, 4.69) is 0 Å². The van der Waals surface area contributed by atoms with E-state index in [0.717, 1.165) is 0 Å². The van der Waals surface area contributed by atoms with Gasteiger partial charge in [-0.05, 0) is 26.1 Å². The Bertz CT molecular complexity index is 359. The molecule has 0 aromatic heterocycles. The molecule has 0 heterocycles. The minimum Gasteiger partial charge on any atom is -0.387 e. The molecule has 0 fully saturated rings. The fourth-order valence-electron chi connectivity index (χ4n) is 2.64. The molecule has 0 amide bonds. The summed E-state index contributed by atoms with van der Waals surface area (Å²) in [5, 5.41) is 0. The second kappa shape index (κ2) is 10.6. The van der Waals surface area contributed by atoms with Crippen LogP contribution in [0.25, 0.3) is 0 Å². The molecule has 25 heavy (non-hydrogen) atoms. The lowest BCUT2D eigenvalue weighted by molar-refractivity contribution is -0.0736. The van der Waals surface area contributed by atoms with Crippen LogP contribution in [0, 0.1) is 0 Å². The van der Waals surface area contributed by atoms with E-state index < -0.39 is 31.8 Å². The minimum absolute atomic E-state index is 0.0741. The third kappa shape index (κ3) is 8.24. The average Bonchev–Trinajstić information content (AvgIpc) is 2.56. The van der Waals surface area contributed by atoms with Crippen LogP contribution < -0.4 is 0 Å². The van der Waals surface area contributed by atoms with Gasteiger partial charge in [0.05, 0.1) is 6.04 Å². The van der Waals surface area contributed by atoms with Crippen LogP contribution >= 0.6 is 0 Å². The van der Waals surface area contributed by atoms with Gasteiger partial charge in [-0.1, -0.05) is 0 Å². The standard InChI is InChI=1S/C14H35FO7Si3/c1-16-24(17-2,18-3)12-10-11-14(15,22-23(7,8)9)13-25(19-4,20-5)21-6/h10-13H2,1-9H3. The fourth-order valence-corrected chi connectivity index (χ4v) is 7.61. The molecule has 0 spiro atoms. The van der Waals surface area contributed by atoms with Crippen molar-refractivity contribution in [1.82, 2.24) is 0 Å². The van der Waals surface area contributed by atoms with E-state index in [9.17, 15) is 0 Å². The minimum atomic E-state index is -3.13. The Balaban J connectivity index is 5.22. The molecular formula is C14H35FO7Si3. The van der Waals surface area contributed by atoms with Gasteiger partial charge in [0.25, 0.3) is 0 Å². The fraction of sp³-hybridized carbons (Fsp3) is 1.00. The lowest BCUT2D eigenvalue weighted by atomic mass is 10.2. The zero-order valence-electron chi connectivity index (χ0n) is 17.1. The lowest BCUT2D eigenvalue weighted by Crippen LogP contribution is -2.52. The number of rotatable bonds is 14. The second-order valence-corrected chi connectivity index (χ2v) is 17.2. The van der Waals surface area contributed by atoms with Crippen molar-refractivity contribution in [3.63, 3.8) is 0 Å².